The van der Waals surface area contributed by atoms with E-state index in [1.807, 2.05) is 55.0 Å². The molecule has 2 aromatic heterocycles. The minimum absolute atomic E-state index is 0.532. The van der Waals surface area contributed by atoms with E-state index in [0.29, 0.717) is 5.25 Å². The van der Waals surface area contributed by atoms with Gasteiger partial charge in [-0.3, -0.25) is 4.98 Å². The van der Waals surface area contributed by atoms with Gasteiger partial charge in [-0.05, 0) is 48.2 Å². The predicted molar refractivity (Wildman–Crippen MR) is 101 cm³/mol. The lowest BCUT2D eigenvalue weighted by molar-refractivity contribution is 0.623. The van der Waals surface area contributed by atoms with Gasteiger partial charge in [0.1, 0.15) is 0 Å². The molecule has 0 fully saturated rings. The third kappa shape index (κ3) is 5.13. The van der Waals surface area contributed by atoms with Gasteiger partial charge in [0, 0.05) is 48.0 Å². The zero-order valence-electron chi connectivity index (χ0n) is 13.6. The highest BCUT2D eigenvalue weighted by Crippen LogP contribution is 2.24. The maximum Gasteiger partial charge on any atom is 0.0946 e. The van der Waals surface area contributed by atoms with Gasteiger partial charge in [0.2, 0.25) is 0 Å². The first-order valence-electron chi connectivity index (χ1n) is 8.10. The molecule has 3 rings (SSSR count). The lowest BCUT2D eigenvalue weighted by Gasteiger charge is -2.17. The lowest BCUT2D eigenvalue weighted by Crippen LogP contribution is -2.13. The van der Waals surface area contributed by atoms with Crippen molar-refractivity contribution >= 4 is 17.4 Å². The first kappa shape index (κ1) is 16.6. The average Bonchev–Trinajstić information content (AvgIpc) is 3.13. The second kappa shape index (κ2) is 8.55. The van der Waals surface area contributed by atoms with Crippen LogP contribution in [0.2, 0.25) is 0 Å². The molecule has 0 saturated carbocycles. The fourth-order valence-corrected chi connectivity index (χ4v) is 3.74. The number of hydrogen-bond donors (Lipinski definition) is 1. The van der Waals surface area contributed by atoms with Crippen LogP contribution in [0.1, 0.15) is 17.5 Å². The molecule has 4 nitrogen and oxygen atoms in total. The molecule has 0 bridgehead atoms. The van der Waals surface area contributed by atoms with Crippen LogP contribution in [0, 0.1) is 0 Å². The summed E-state index contributed by atoms with van der Waals surface area (Å²) in [5.74, 6) is 0.996. The maximum atomic E-state index is 5.76. The Hall–Kier alpha value is -2.27. The van der Waals surface area contributed by atoms with Crippen LogP contribution in [0.3, 0.4) is 0 Å². The van der Waals surface area contributed by atoms with Gasteiger partial charge in [-0.1, -0.05) is 12.1 Å². The molecular formula is C19H22N4S. The van der Waals surface area contributed by atoms with Crippen LogP contribution < -0.4 is 5.73 Å². The zero-order valence-corrected chi connectivity index (χ0v) is 14.4. The summed E-state index contributed by atoms with van der Waals surface area (Å²) in [5, 5.41) is 0.532. The van der Waals surface area contributed by atoms with Gasteiger partial charge < -0.3 is 10.3 Å². The van der Waals surface area contributed by atoms with Crippen LogP contribution in [0.25, 0.3) is 0 Å². The number of hydrogen-bond acceptors (Lipinski definition) is 4. The first-order chi connectivity index (χ1) is 11.8. The molecule has 0 amide bonds. The van der Waals surface area contributed by atoms with Crippen molar-refractivity contribution in [3.63, 3.8) is 0 Å². The number of pyridine rings is 1. The van der Waals surface area contributed by atoms with Crippen molar-refractivity contribution < 1.29 is 0 Å². The van der Waals surface area contributed by atoms with Gasteiger partial charge in [-0.25, -0.2) is 4.98 Å². The van der Waals surface area contributed by atoms with Crippen molar-refractivity contribution in [2.45, 2.75) is 30.4 Å². The van der Waals surface area contributed by atoms with Crippen molar-refractivity contribution in [3.05, 3.63) is 78.6 Å². The Labute approximate surface area is 147 Å². The molecule has 5 heteroatoms. The molecule has 3 aromatic rings. The summed E-state index contributed by atoms with van der Waals surface area (Å²) in [6.07, 6.45) is 11.7. The predicted octanol–water partition coefficient (Wildman–Crippen LogP) is 3.80. The highest BCUT2D eigenvalue weighted by molar-refractivity contribution is 7.99. The smallest absolute Gasteiger partial charge is 0.0946 e. The number of rotatable bonds is 8. The van der Waals surface area contributed by atoms with E-state index in [-0.39, 0.29) is 0 Å². The summed E-state index contributed by atoms with van der Waals surface area (Å²) in [7, 11) is 0. The third-order valence-electron chi connectivity index (χ3n) is 3.94. The quantitative estimate of drug-likeness (QED) is 0.635. The SMILES string of the molecule is Nc1ccc(CSC(CCc2ccncc2)Cn2ccnc2)cc1. The van der Waals surface area contributed by atoms with E-state index in [0.717, 1.165) is 30.8 Å². The monoisotopic (exact) mass is 338 g/mol. The summed E-state index contributed by atoms with van der Waals surface area (Å²) in [6, 6.07) is 12.4. The number of nitrogen functional groups attached to an aromatic ring is 1. The Bertz CT molecular complexity index is 711. The normalized spacial score (nSPS) is 12.2. The number of anilines is 1. The van der Waals surface area contributed by atoms with Gasteiger partial charge in [0.15, 0.2) is 0 Å². The molecule has 1 atom stereocenters. The minimum Gasteiger partial charge on any atom is -0.399 e. The van der Waals surface area contributed by atoms with E-state index in [9.17, 15) is 0 Å². The fraction of sp³-hybridized carbons (Fsp3) is 0.263. The summed E-state index contributed by atoms with van der Waals surface area (Å²) in [6.45, 7) is 0.977. The van der Waals surface area contributed by atoms with Crippen molar-refractivity contribution in [3.8, 4) is 0 Å². The van der Waals surface area contributed by atoms with Crippen molar-refractivity contribution in [2.24, 2.45) is 0 Å². The van der Waals surface area contributed by atoms with E-state index >= 15 is 0 Å². The molecular weight excluding hydrogens is 316 g/mol. The van der Waals surface area contributed by atoms with E-state index in [1.54, 1.807) is 0 Å². The Kier molecular flexibility index (Phi) is 5.90. The number of benzene rings is 1. The number of imidazole rings is 1. The molecule has 2 N–H and O–H groups in total. The minimum atomic E-state index is 0.532. The summed E-state index contributed by atoms with van der Waals surface area (Å²) < 4.78 is 2.16. The highest BCUT2D eigenvalue weighted by Gasteiger charge is 2.11. The molecule has 0 radical (unpaired) electrons. The molecule has 1 aromatic carbocycles. The average molecular weight is 338 g/mol. The molecule has 124 valence electrons. The standard InChI is InChI=1S/C19H22N4S/c20-18-4-1-17(2-5-18)14-24-19(13-23-12-11-22-15-23)6-3-16-7-9-21-10-8-16/h1-2,4-5,7-12,15,19H,3,6,13-14,20H2. The van der Waals surface area contributed by atoms with E-state index < -0.39 is 0 Å². The van der Waals surface area contributed by atoms with Crippen LogP contribution >= 0.6 is 11.8 Å². The molecule has 0 saturated heterocycles. The molecule has 0 aliphatic rings. The van der Waals surface area contributed by atoms with Crippen molar-refractivity contribution in [2.75, 3.05) is 5.73 Å². The molecule has 0 spiro atoms. The Morgan fingerprint density at radius 2 is 1.75 bits per heavy atom. The van der Waals surface area contributed by atoms with Crippen LogP contribution in [0.5, 0.6) is 0 Å². The van der Waals surface area contributed by atoms with Gasteiger partial charge in [0.05, 0.1) is 6.33 Å². The van der Waals surface area contributed by atoms with E-state index in [1.165, 1.54) is 11.1 Å². The number of nitrogens with two attached hydrogens (primary N) is 1. The van der Waals surface area contributed by atoms with Gasteiger partial charge >= 0.3 is 0 Å². The zero-order chi connectivity index (χ0) is 16.6. The van der Waals surface area contributed by atoms with Gasteiger partial charge in [-0.15, -0.1) is 0 Å². The van der Waals surface area contributed by atoms with Gasteiger partial charge in [-0.2, -0.15) is 11.8 Å². The summed E-state index contributed by atoms with van der Waals surface area (Å²) in [4.78, 5) is 8.24. The molecule has 0 aliphatic heterocycles. The van der Waals surface area contributed by atoms with Crippen LogP contribution in [0.15, 0.2) is 67.5 Å². The lowest BCUT2D eigenvalue weighted by atomic mass is 10.1. The first-order valence-corrected chi connectivity index (χ1v) is 9.15. The molecule has 2 heterocycles. The second-order valence-electron chi connectivity index (χ2n) is 5.83. The number of nitrogens with zero attached hydrogens (tertiary/aromatic N) is 3. The van der Waals surface area contributed by atoms with Crippen LogP contribution in [0.4, 0.5) is 5.69 Å². The topological polar surface area (TPSA) is 56.7 Å². The fourth-order valence-electron chi connectivity index (χ4n) is 2.56. The van der Waals surface area contributed by atoms with Crippen LogP contribution in [-0.4, -0.2) is 19.8 Å². The molecule has 0 aliphatic carbocycles. The van der Waals surface area contributed by atoms with E-state index in [2.05, 4.69) is 38.8 Å². The molecule has 1 unspecified atom stereocenters. The number of aryl methyl sites for hydroxylation is 1. The third-order valence-corrected chi connectivity index (χ3v) is 5.30. The molecule has 24 heavy (non-hydrogen) atoms. The van der Waals surface area contributed by atoms with Gasteiger partial charge in [0.25, 0.3) is 0 Å². The Balaban J connectivity index is 1.59. The van der Waals surface area contributed by atoms with E-state index in [4.69, 9.17) is 5.73 Å². The number of thioether (sulfide) groups is 1. The van der Waals surface area contributed by atoms with Crippen molar-refractivity contribution in [1.29, 1.82) is 0 Å². The highest BCUT2D eigenvalue weighted by atomic mass is 32.2. The summed E-state index contributed by atoms with van der Waals surface area (Å²) in [5.41, 5.74) is 9.23. The maximum absolute atomic E-state index is 5.76. The summed E-state index contributed by atoms with van der Waals surface area (Å²) >= 11 is 1.99. The number of aromatic nitrogens is 3. The van der Waals surface area contributed by atoms with Crippen LogP contribution in [-0.2, 0) is 18.7 Å². The second-order valence-corrected chi connectivity index (χ2v) is 7.12. The van der Waals surface area contributed by atoms with Crippen molar-refractivity contribution in [1.82, 2.24) is 14.5 Å². The Morgan fingerprint density at radius 1 is 0.958 bits per heavy atom. The Morgan fingerprint density at radius 3 is 2.46 bits per heavy atom. The largest absolute Gasteiger partial charge is 0.399 e.